The third-order valence-electron chi connectivity index (χ3n) is 4.39. The van der Waals surface area contributed by atoms with Gasteiger partial charge in [-0.05, 0) is 29.8 Å². The summed E-state index contributed by atoms with van der Waals surface area (Å²) in [5.74, 6) is 0.497. The summed E-state index contributed by atoms with van der Waals surface area (Å²) >= 11 is 0. The van der Waals surface area contributed by atoms with Gasteiger partial charge in [0.2, 0.25) is 0 Å². The van der Waals surface area contributed by atoms with Crippen molar-refractivity contribution < 1.29 is 29.6 Å². The van der Waals surface area contributed by atoms with E-state index in [1.54, 1.807) is 36.4 Å². The highest BCUT2D eigenvalue weighted by Gasteiger charge is 2.38. The second-order valence-electron chi connectivity index (χ2n) is 5.91. The molecule has 0 spiro atoms. The van der Waals surface area contributed by atoms with Crippen molar-refractivity contribution in [2.75, 3.05) is 20.3 Å². The Bertz CT molecular complexity index is 768. The molecule has 6 nitrogen and oxygen atoms in total. The van der Waals surface area contributed by atoms with Crippen LogP contribution in [0.5, 0.6) is 17.2 Å². The Labute approximate surface area is 145 Å². The number of carbonyl (C=O) groups excluding carboxylic acids is 1. The number of ether oxygens (including phenoxy) is 2. The molecule has 0 saturated carbocycles. The summed E-state index contributed by atoms with van der Waals surface area (Å²) in [6, 6.07) is 9.87. The van der Waals surface area contributed by atoms with Crippen LogP contribution in [0.15, 0.2) is 36.4 Å². The van der Waals surface area contributed by atoms with E-state index in [0.717, 1.165) is 5.56 Å². The summed E-state index contributed by atoms with van der Waals surface area (Å²) in [6.45, 7) is -0.395. The largest absolute Gasteiger partial charge is 0.508 e. The molecule has 1 heterocycles. The van der Waals surface area contributed by atoms with Crippen LogP contribution in [-0.2, 0) is 0 Å². The summed E-state index contributed by atoms with van der Waals surface area (Å²) in [5.41, 5.74) is 1.91. The number of aromatic hydroxyl groups is 1. The number of hydrogen-bond acceptors (Lipinski definition) is 6. The average molecular weight is 344 g/mol. The number of phenols is 1. The van der Waals surface area contributed by atoms with Crippen LogP contribution in [0.3, 0.4) is 0 Å². The first-order chi connectivity index (χ1) is 12.1. The summed E-state index contributed by atoms with van der Waals surface area (Å²) in [7, 11) is 1.49. The van der Waals surface area contributed by atoms with Gasteiger partial charge in [0.15, 0.2) is 17.3 Å². The van der Waals surface area contributed by atoms with Gasteiger partial charge in [0.25, 0.3) is 0 Å². The zero-order chi connectivity index (χ0) is 18.0. The standard InChI is InChI=1S/C19H20O6/c1-24-17-9-12(16(23)6-7-20)8-14-15(10-21)18(25-19(14)17)11-2-4-13(22)5-3-11/h2-5,8-9,15,18,20-22H,6-7,10H2,1H3. The smallest absolute Gasteiger partial charge is 0.165 e. The maximum atomic E-state index is 12.2. The van der Waals surface area contributed by atoms with E-state index in [1.807, 2.05) is 0 Å². The SMILES string of the molecule is COc1cc(C(=O)CCO)cc2c1OC(c1ccc(O)cc1)C2CO. The number of aliphatic hydroxyl groups excluding tert-OH is 2. The lowest BCUT2D eigenvalue weighted by Crippen LogP contribution is -2.13. The van der Waals surface area contributed by atoms with Crippen LogP contribution >= 0.6 is 0 Å². The topological polar surface area (TPSA) is 96.2 Å². The molecule has 1 aliphatic rings. The number of benzene rings is 2. The second-order valence-corrected chi connectivity index (χ2v) is 5.91. The highest BCUT2D eigenvalue weighted by Crippen LogP contribution is 2.50. The predicted molar refractivity (Wildman–Crippen MR) is 90.3 cm³/mol. The van der Waals surface area contributed by atoms with Crippen molar-refractivity contribution in [2.45, 2.75) is 18.4 Å². The quantitative estimate of drug-likeness (QED) is 0.695. The van der Waals surface area contributed by atoms with Gasteiger partial charge < -0.3 is 24.8 Å². The Morgan fingerprint density at radius 2 is 1.92 bits per heavy atom. The van der Waals surface area contributed by atoms with Gasteiger partial charge in [-0.1, -0.05) is 12.1 Å². The Morgan fingerprint density at radius 1 is 1.20 bits per heavy atom. The number of carbonyl (C=O) groups is 1. The molecule has 1 aliphatic heterocycles. The number of Topliss-reactive ketones (excluding diaryl/α,β-unsaturated/α-hetero) is 1. The van der Waals surface area contributed by atoms with E-state index in [2.05, 4.69) is 0 Å². The van der Waals surface area contributed by atoms with Crippen molar-refractivity contribution in [1.82, 2.24) is 0 Å². The second kappa shape index (κ2) is 7.13. The van der Waals surface area contributed by atoms with Crippen LogP contribution in [0.1, 0.15) is 39.9 Å². The van der Waals surface area contributed by atoms with E-state index in [1.165, 1.54) is 7.11 Å². The third-order valence-corrected chi connectivity index (χ3v) is 4.39. The molecule has 0 aliphatic carbocycles. The first kappa shape index (κ1) is 17.3. The Balaban J connectivity index is 2.03. The van der Waals surface area contributed by atoms with Gasteiger partial charge in [-0.25, -0.2) is 0 Å². The average Bonchev–Trinajstić information content (AvgIpc) is 3.00. The van der Waals surface area contributed by atoms with Crippen LogP contribution in [-0.4, -0.2) is 41.4 Å². The van der Waals surface area contributed by atoms with Gasteiger partial charge in [-0.2, -0.15) is 0 Å². The summed E-state index contributed by atoms with van der Waals surface area (Å²) < 4.78 is 11.4. The van der Waals surface area contributed by atoms with Crippen molar-refractivity contribution in [3.8, 4) is 17.2 Å². The Hall–Kier alpha value is -2.57. The van der Waals surface area contributed by atoms with Crippen LogP contribution in [0.25, 0.3) is 0 Å². The number of aliphatic hydroxyl groups is 2. The number of hydrogen-bond donors (Lipinski definition) is 3. The Kier molecular flexibility index (Phi) is 4.92. The minimum atomic E-state index is -0.447. The van der Waals surface area contributed by atoms with E-state index < -0.39 is 6.10 Å². The third kappa shape index (κ3) is 3.18. The molecule has 0 fully saturated rings. The van der Waals surface area contributed by atoms with Gasteiger partial charge in [-0.15, -0.1) is 0 Å². The van der Waals surface area contributed by atoms with Crippen LogP contribution in [0.4, 0.5) is 0 Å². The fraction of sp³-hybridized carbons (Fsp3) is 0.316. The van der Waals surface area contributed by atoms with E-state index in [4.69, 9.17) is 14.6 Å². The number of ketones is 1. The molecular weight excluding hydrogens is 324 g/mol. The normalized spacial score (nSPS) is 18.5. The fourth-order valence-corrected chi connectivity index (χ4v) is 3.11. The van der Waals surface area contributed by atoms with Crippen molar-refractivity contribution in [3.63, 3.8) is 0 Å². The zero-order valence-electron chi connectivity index (χ0n) is 13.8. The predicted octanol–water partition coefficient (Wildman–Crippen LogP) is 2.18. The van der Waals surface area contributed by atoms with Crippen LogP contribution in [0.2, 0.25) is 0 Å². The molecule has 3 rings (SSSR count). The molecule has 3 N–H and O–H groups in total. The lowest BCUT2D eigenvalue weighted by Gasteiger charge is -2.17. The molecule has 2 aromatic carbocycles. The van der Waals surface area contributed by atoms with E-state index >= 15 is 0 Å². The molecule has 2 aromatic rings. The van der Waals surface area contributed by atoms with E-state index in [-0.39, 0.29) is 37.1 Å². The minimum Gasteiger partial charge on any atom is -0.508 e. The molecular formula is C19H20O6. The molecule has 0 saturated heterocycles. The summed E-state index contributed by atoms with van der Waals surface area (Å²) in [6.07, 6.45) is -0.425. The monoisotopic (exact) mass is 344 g/mol. The van der Waals surface area contributed by atoms with Crippen molar-refractivity contribution in [3.05, 3.63) is 53.1 Å². The molecule has 132 valence electrons. The first-order valence-corrected chi connectivity index (χ1v) is 8.01. The van der Waals surface area contributed by atoms with Crippen LogP contribution in [0, 0.1) is 0 Å². The van der Waals surface area contributed by atoms with E-state index in [9.17, 15) is 15.0 Å². The van der Waals surface area contributed by atoms with Gasteiger partial charge in [0.1, 0.15) is 11.9 Å². The fourth-order valence-electron chi connectivity index (χ4n) is 3.11. The lowest BCUT2D eigenvalue weighted by molar-refractivity contribution is 0.0956. The molecule has 0 radical (unpaired) electrons. The van der Waals surface area contributed by atoms with Crippen molar-refractivity contribution >= 4 is 5.78 Å². The minimum absolute atomic E-state index is 0.0218. The molecule has 25 heavy (non-hydrogen) atoms. The molecule has 6 heteroatoms. The first-order valence-electron chi connectivity index (χ1n) is 8.01. The Morgan fingerprint density at radius 3 is 2.52 bits per heavy atom. The van der Waals surface area contributed by atoms with Crippen molar-refractivity contribution in [2.24, 2.45) is 0 Å². The summed E-state index contributed by atoms with van der Waals surface area (Å²) in [4.78, 5) is 12.2. The highest BCUT2D eigenvalue weighted by atomic mass is 16.5. The summed E-state index contributed by atoms with van der Waals surface area (Å²) in [5, 5.41) is 28.4. The van der Waals surface area contributed by atoms with E-state index in [0.29, 0.717) is 22.6 Å². The molecule has 0 aromatic heterocycles. The maximum absolute atomic E-state index is 12.2. The lowest BCUT2D eigenvalue weighted by atomic mass is 9.90. The number of phenolic OH excluding ortho intramolecular Hbond substituents is 1. The van der Waals surface area contributed by atoms with Gasteiger partial charge in [-0.3, -0.25) is 4.79 Å². The van der Waals surface area contributed by atoms with Crippen LogP contribution < -0.4 is 9.47 Å². The molecule has 2 unspecified atom stereocenters. The molecule has 0 bridgehead atoms. The van der Waals surface area contributed by atoms with Crippen molar-refractivity contribution in [1.29, 1.82) is 0 Å². The van der Waals surface area contributed by atoms with Gasteiger partial charge in [0, 0.05) is 17.5 Å². The highest BCUT2D eigenvalue weighted by molar-refractivity contribution is 5.97. The number of fused-ring (bicyclic) bond motifs is 1. The van der Waals surface area contributed by atoms with Gasteiger partial charge >= 0.3 is 0 Å². The molecule has 2 atom stereocenters. The number of rotatable bonds is 6. The zero-order valence-corrected chi connectivity index (χ0v) is 13.8. The maximum Gasteiger partial charge on any atom is 0.165 e. The number of methoxy groups -OCH3 is 1. The molecule has 0 amide bonds. The van der Waals surface area contributed by atoms with Gasteiger partial charge in [0.05, 0.1) is 26.2 Å².